The maximum atomic E-state index is 8.56. The maximum Gasteiger partial charge on any atom is 0.235 e. The van der Waals surface area contributed by atoms with Gasteiger partial charge in [-0.25, -0.2) is 9.83 Å². The van der Waals surface area contributed by atoms with Crippen LogP contribution in [0.25, 0.3) is 49.2 Å². The molecule has 218 valence electrons. The molecule has 5 heteroatoms. The lowest BCUT2D eigenvalue weighted by atomic mass is 9.92. The highest BCUT2D eigenvalue weighted by Crippen LogP contribution is 2.45. The van der Waals surface area contributed by atoms with Crippen molar-refractivity contribution in [2.75, 3.05) is 0 Å². The van der Waals surface area contributed by atoms with E-state index in [1.807, 2.05) is 0 Å². The Labute approximate surface area is 251 Å². The van der Waals surface area contributed by atoms with Gasteiger partial charge in [0, 0.05) is 28.7 Å². The normalized spacial score (nSPS) is 13.3. The Kier molecular flexibility index (Phi) is 8.55. The number of H-pyrrole nitrogens is 1. The molecule has 0 unspecified atom stereocenters. The molecule has 3 aromatic rings. The first-order valence-corrected chi connectivity index (χ1v) is 16.1. The Morgan fingerprint density at radius 3 is 1.74 bits per heavy atom. The second kappa shape index (κ2) is 12.1. The maximum absolute atomic E-state index is 8.56. The van der Waals surface area contributed by atoms with Crippen molar-refractivity contribution in [1.29, 1.82) is 0 Å². The fourth-order valence-electron chi connectivity index (χ4n) is 7.28. The summed E-state index contributed by atoms with van der Waals surface area (Å²) < 4.78 is 2.36. The summed E-state index contributed by atoms with van der Waals surface area (Å²) in [6.07, 6.45) is 6.19. The summed E-state index contributed by atoms with van der Waals surface area (Å²) in [7, 11) is 0. The molecule has 0 amide bonds. The second-order valence-electron chi connectivity index (χ2n) is 11.1. The zero-order valence-electron chi connectivity index (χ0n) is 26.8. The monoisotopic (exact) mass is 559 g/mol. The van der Waals surface area contributed by atoms with Gasteiger partial charge >= 0.3 is 0 Å². The van der Waals surface area contributed by atoms with Crippen molar-refractivity contribution >= 4 is 50.0 Å². The molecule has 42 heavy (non-hydrogen) atoms. The number of hydrogen-bond donors (Lipinski definition) is 1. The van der Waals surface area contributed by atoms with Crippen molar-refractivity contribution < 1.29 is 0 Å². The van der Waals surface area contributed by atoms with Crippen molar-refractivity contribution in [1.82, 2.24) is 19.5 Å². The fraction of sp³-hybridized carbons (Fsp3) is 0.432. The minimum absolute atomic E-state index is 0.685. The van der Waals surface area contributed by atoms with E-state index in [1.165, 1.54) is 44.5 Å². The number of aromatic amines is 1. The smallest absolute Gasteiger partial charge is 0.235 e. The molecule has 5 heterocycles. The Bertz CT molecular complexity index is 1820. The Hall–Kier alpha value is -3.91. The van der Waals surface area contributed by atoms with Gasteiger partial charge in [0.1, 0.15) is 0 Å². The van der Waals surface area contributed by atoms with Crippen LogP contribution in [0.3, 0.4) is 0 Å². The molecule has 0 saturated carbocycles. The molecule has 0 spiro atoms. The molecule has 0 fully saturated rings. The summed E-state index contributed by atoms with van der Waals surface area (Å²) in [5.41, 5.74) is 18.0. The van der Waals surface area contributed by atoms with Gasteiger partial charge in [0.2, 0.25) is 5.69 Å². The Morgan fingerprint density at radius 1 is 0.643 bits per heavy atom. The zero-order chi connectivity index (χ0) is 30.1. The number of nitrogens with zero attached hydrogens (tertiary/aromatic N) is 4. The van der Waals surface area contributed by atoms with Crippen LogP contribution in [0, 0.1) is 6.57 Å². The SMILES string of the molecule is [C-]#[N+]c1c2nc(c(CC)c3nc(cc4ccc(cc5c(CC)c(CC)c1n5CC)[nH]4)C(CC)=C3CC)C(CC)=C2CC. The van der Waals surface area contributed by atoms with Gasteiger partial charge in [0.05, 0.1) is 34.9 Å². The van der Waals surface area contributed by atoms with Gasteiger partial charge in [-0.05, 0) is 110 Å². The van der Waals surface area contributed by atoms with E-state index in [0.717, 1.165) is 90.8 Å². The quantitative estimate of drug-likeness (QED) is 0.279. The fourth-order valence-corrected chi connectivity index (χ4v) is 7.28. The number of rotatable bonds is 8. The third-order valence-electron chi connectivity index (χ3n) is 9.11. The van der Waals surface area contributed by atoms with E-state index >= 15 is 0 Å². The van der Waals surface area contributed by atoms with Crippen LogP contribution in [0.4, 0.5) is 5.69 Å². The molecular formula is C37H45N5. The summed E-state index contributed by atoms with van der Waals surface area (Å²) in [6, 6.07) is 8.80. The van der Waals surface area contributed by atoms with Crippen LogP contribution < -0.4 is 0 Å². The van der Waals surface area contributed by atoms with Crippen LogP contribution in [0.15, 0.2) is 24.3 Å². The molecule has 1 N–H and O–H groups in total. The minimum atomic E-state index is 0.685. The van der Waals surface area contributed by atoms with Crippen molar-refractivity contribution in [3.05, 3.63) is 75.1 Å². The summed E-state index contributed by atoms with van der Waals surface area (Å²) in [4.78, 5) is 18.7. The average Bonchev–Trinajstić information content (AvgIpc) is 3.76. The van der Waals surface area contributed by atoms with Crippen molar-refractivity contribution in [2.45, 2.75) is 107 Å². The molecular weight excluding hydrogens is 514 g/mol. The van der Waals surface area contributed by atoms with Gasteiger partial charge in [-0.2, -0.15) is 0 Å². The van der Waals surface area contributed by atoms with Gasteiger partial charge in [-0.15, -0.1) is 0 Å². The second-order valence-corrected chi connectivity index (χ2v) is 11.1. The minimum Gasteiger partial charge on any atom is -0.355 e. The van der Waals surface area contributed by atoms with E-state index < -0.39 is 0 Å². The average molecular weight is 560 g/mol. The van der Waals surface area contributed by atoms with E-state index in [0.29, 0.717) is 5.69 Å². The highest BCUT2D eigenvalue weighted by molar-refractivity contribution is 6.01. The highest BCUT2D eigenvalue weighted by atomic mass is 15.0. The molecule has 5 nitrogen and oxygen atoms in total. The van der Waals surface area contributed by atoms with Crippen LogP contribution in [-0.2, 0) is 25.8 Å². The van der Waals surface area contributed by atoms with E-state index in [1.54, 1.807) is 0 Å². The molecule has 8 bridgehead atoms. The van der Waals surface area contributed by atoms with Crippen LogP contribution >= 0.6 is 0 Å². The molecule has 0 saturated heterocycles. The van der Waals surface area contributed by atoms with Gasteiger partial charge < -0.3 is 9.55 Å². The van der Waals surface area contributed by atoms with Crippen LogP contribution in [0.5, 0.6) is 0 Å². The number of hydrogen-bond acceptors (Lipinski definition) is 2. The lowest BCUT2D eigenvalue weighted by molar-refractivity contribution is 0.822. The number of aryl methyl sites for hydroxylation is 3. The molecule has 0 atom stereocenters. The number of nitrogens with one attached hydrogen (secondary N) is 1. The van der Waals surface area contributed by atoms with E-state index in [2.05, 4.69) is 94.1 Å². The predicted octanol–water partition coefficient (Wildman–Crippen LogP) is 10.5. The van der Waals surface area contributed by atoms with E-state index in [9.17, 15) is 0 Å². The third-order valence-corrected chi connectivity index (χ3v) is 9.11. The van der Waals surface area contributed by atoms with Crippen molar-refractivity contribution in [3.63, 3.8) is 0 Å². The molecule has 3 aromatic heterocycles. The van der Waals surface area contributed by atoms with Crippen LogP contribution in [-0.4, -0.2) is 19.5 Å². The topological polar surface area (TPSA) is 50.9 Å². The number of fused-ring (bicyclic) bond motifs is 8. The first-order chi connectivity index (χ1) is 20.4. The van der Waals surface area contributed by atoms with Gasteiger partial charge in [0.25, 0.3) is 0 Å². The molecule has 0 aliphatic carbocycles. The first-order valence-electron chi connectivity index (χ1n) is 16.1. The summed E-state index contributed by atoms with van der Waals surface area (Å²) >= 11 is 0. The molecule has 0 aromatic carbocycles. The van der Waals surface area contributed by atoms with E-state index in [-0.39, 0.29) is 0 Å². The first kappa shape index (κ1) is 29.6. The molecule has 2 aliphatic heterocycles. The van der Waals surface area contributed by atoms with E-state index in [4.69, 9.17) is 16.5 Å². The van der Waals surface area contributed by atoms with Crippen molar-refractivity contribution in [3.8, 4) is 0 Å². The van der Waals surface area contributed by atoms with Crippen LogP contribution in [0.1, 0.15) is 121 Å². The lowest BCUT2D eigenvalue weighted by Gasteiger charge is -2.10. The van der Waals surface area contributed by atoms with Gasteiger partial charge in [-0.1, -0.05) is 48.5 Å². The van der Waals surface area contributed by atoms with Crippen LogP contribution in [0.2, 0.25) is 0 Å². The Morgan fingerprint density at radius 2 is 1.19 bits per heavy atom. The van der Waals surface area contributed by atoms with Crippen molar-refractivity contribution in [2.24, 2.45) is 0 Å². The van der Waals surface area contributed by atoms with Gasteiger partial charge in [0.15, 0.2) is 0 Å². The molecule has 0 radical (unpaired) electrons. The molecule has 5 rings (SSSR count). The lowest BCUT2D eigenvalue weighted by Crippen LogP contribution is -1.97. The summed E-state index contributed by atoms with van der Waals surface area (Å²) in [6.45, 7) is 27.1. The standard InChI is InChI=1S/C37H45N5/c1-10-24-26(12-3)33-30(16-7)34-27(13-4)28(14-5)35(41-34)36(38-9)37-29(15-6)25(11-2)32(42(37)17-8)21-23-19-18-22(39-23)20-31(24)40-33/h18-21,39H,10-17H2,1-8H3. The predicted molar refractivity (Wildman–Crippen MR) is 180 cm³/mol. The summed E-state index contributed by atoms with van der Waals surface area (Å²) in [5, 5.41) is 0. The largest absolute Gasteiger partial charge is 0.355 e. The number of aromatic nitrogens is 4. The Balaban J connectivity index is 2.15. The number of allylic oxidation sites excluding steroid dienone is 4. The third kappa shape index (κ3) is 4.53. The molecule has 2 aliphatic rings. The zero-order valence-corrected chi connectivity index (χ0v) is 26.8. The summed E-state index contributed by atoms with van der Waals surface area (Å²) in [5.74, 6) is 0. The highest BCUT2D eigenvalue weighted by Gasteiger charge is 2.28. The van der Waals surface area contributed by atoms with Gasteiger partial charge in [-0.3, -0.25) is 4.98 Å².